The fourth-order valence-corrected chi connectivity index (χ4v) is 5.18. The molecular weight excluding hydrogens is 428 g/mol. The molecule has 1 aliphatic heterocycles. The lowest BCUT2D eigenvalue weighted by atomic mass is 9.96. The summed E-state index contributed by atoms with van der Waals surface area (Å²) in [5, 5.41) is 14.8. The first-order valence-electron chi connectivity index (χ1n) is 11.0. The number of nitrogens with one attached hydrogen (secondary N) is 1. The van der Waals surface area contributed by atoms with E-state index in [2.05, 4.69) is 70.9 Å². The normalized spacial score (nSPS) is 17.9. The third-order valence-corrected chi connectivity index (χ3v) is 6.60. The Morgan fingerprint density at radius 2 is 1.73 bits per heavy atom. The van der Waals surface area contributed by atoms with Crippen molar-refractivity contribution in [2.24, 2.45) is 0 Å². The molecule has 33 heavy (non-hydrogen) atoms. The van der Waals surface area contributed by atoms with Crippen molar-refractivity contribution >= 4 is 23.0 Å². The van der Waals surface area contributed by atoms with Crippen molar-refractivity contribution in [3.05, 3.63) is 107 Å². The minimum atomic E-state index is -0.113. The average molecular weight is 455 g/mol. The minimum Gasteiger partial charge on any atom is -0.506 e. The fourth-order valence-electron chi connectivity index (χ4n) is 4.84. The molecule has 1 aliphatic rings. The van der Waals surface area contributed by atoms with Gasteiger partial charge in [0.05, 0.1) is 23.5 Å². The zero-order chi connectivity index (χ0) is 23.1. The molecule has 2 atom stereocenters. The van der Waals surface area contributed by atoms with Crippen molar-refractivity contribution in [2.75, 3.05) is 4.90 Å². The van der Waals surface area contributed by atoms with Crippen molar-refractivity contribution in [1.29, 1.82) is 0 Å². The van der Waals surface area contributed by atoms with E-state index in [-0.39, 0.29) is 17.8 Å². The monoisotopic (exact) mass is 454 g/mol. The molecule has 166 valence electrons. The molecule has 6 heteroatoms. The van der Waals surface area contributed by atoms with Gasteiger partial charge in [0, 0.05) is 23.3 Å². The second-order valence-electron chi connectivity index (χ2n) is 8.49. The molecule has 3 heterocycles. The van der Waals surface area contributed by atoms with Gasteiger partial charge in [-0.05, 0) is 86.6 Å². The van der Waals surface area contributed by atoms with E-state index < -0.39 is 0 Å². The van der Waals surface area contributed by atoms with Crippen LogP contribution < -0.4 is 10.2 Å². The van der Waals surface area contributed by atoms with Gasteiger partial charge in [0.1, 0.15) is 5.75 Å². The van der Waals surface area contributed by atoms with Gasteiger partial charge in [-0.15, -0.1) is 0 Å². The molecule has 0 unspecified atom stereocenters. The van der Waals surface area contributed by atoms with Crippen LogP contribution in [0.2, 0.25) is 0 Å². The van der Waals surface area contributed by atoms with Gasteiger partial charge in [0.15, 0.2) is 5.11 Å². The number of aromatic hydroxyl groups is 1. The molecule has 2 N–H and O–H groups in total. The maximum atomic E-state index is 10.5. The summed E-state index contributed by atoms with van der Waals surface area (Å²) < 4.78 is 2.11. The molecular formula is C27H26N4OS. The first kappa shape index (κ1) is 21.2. The molecule has 0 saturated carbocycles. The highest BCUT2D eigenvalue weighted by Crippen LogP contribution is 2.44. The summed E-state index contributed by atoms with van der Waals surface area (Å²) in [6, 6.07) is 23.8. The van der Waals surface area contributed by atoms with Crippen LogP contribution in [0.15, 0.2) is 79.0 Å². The Balaban J connectivity index is 1.70. The summed E-state index contributed by atoms with van der Waals surface area (Å²) in [5.74, 6) is 0.253. The van der Waals surface area contributed by atoms with Crippen LogP contribution in [0.5, 0.6) is 5.75 Å². The first-order chi connectivity index (χ1) is 16.0. The molecule has 1 fully saturated rings. The number of phenols is 1. The van der Waals surface area contributed by atoms with Crippen molar-refractivity contribution < 1.29 is 5.11 Å². The first-order valence-corrected chi connectivity index (χ1v) is 11.4. The van der Waals surface area contributed by atoms with E-state index in [0.717, 1.165) is 34.0 Å². The fraction of sp³-hybridized carbons (Fsp3) is 0.185. The molecule has 0 spiro atoms. The Kier molecular flexibility index (Phi) is 5.38. The molecule has 0 aliphatic carbocycles. The number of anilines is 1. The molecule has 2 aromatic heterocycles. The number of benzene rings is 2. The number of aromatic nitrogens is 2. The van der Waals surface area contributed by atoms with Crippen LogP contribution in [-0.2, 0) is 0 Å². The minimum absolute atomic E-state index is 0.0972. The predicted octanol–water partition coefficient (Wildman–Crippen LogP) is 5.68. The second kappa shape index (κ2) is 8.37. The van der Waals surface area contributed by atoms with Crippen molar-refractivity contribution in [3.63, 3.8) is 0 Å². The zero-order valence-electron chi connectivity index (χ0n) is 18.9. The Labute approximate surface area is 199 Å². The predicted molar refractivity (Wildman–Crippen MR) is 136 cm³/mol. The van der Waals surface area contributed by atoms with Crippen LogP contribution in [0.1, 0.15) is 40.3 Å². The van der Waals surface area contributed by atoms with Crippen LogP contribution in [0.25, 0.3) is 5.69 Å². The number of hydrogen-bond donors (Lipinski definition) is 2. The Bertz CT molecular complexity index is 1330. The van der Waals surface area contributed by atoms with Gasteiger partial charge in [-0.3, -0.25) is 4.98 Å². The molecule has 5 rings (SSSR count). The highest BCUT2D eigenvalue weighted by atomic mass is 32.1. The molecule has 0 radical (unpaired) electrons. The number of aryl methyl sites for hydroxylation is 2. The van der Waals surface area contributed by atoms with E-state index in [1.807, 2.05) is 42.6 Å². The number of phenolic OH excluding ortho intramolecular Hbond substituents is 1. The standard InChI is InChI=1S/C27H26N4OS/c1-17-9-8-10-20(15-17)31-26(25(29-27(31)33)22-11-6-7-14-28-22)21-16-18(2)30(19(21)3)23-12-4-5-13-24(23)32/h4-16,25-26,32H,1-3H3,(H,29,33)/t25-,26+/m1/s1. The summed E-state index contributed by atoms with van der Waals surface area (Å²) in [4.78, 5) is 6.85. The summed E-state index contributed by atoms with van der Waals surface area (Å²) in [6.07, 6.45) is 1.82. The summed E-state index contributed by atoms with van der Waals surface area (Å²) in [5.41, 5.74) is 7.17. The number of rotatable bonds is 4. The molecule has 5 nitrogen and oxygen atoms in total. The lowest BCUT2D eigenvalue weighted by Gasteiger charge is -2.28. The number of thiocarbonyl (C=S) groups is 1. The Morgan fingerprint density at radius 3 is 2.45 bits per heavy atom. The Hall–Kier alpha value is -3.64. The van der Waals surface area contributed by atoms with Gasteiger partial charge in [0.25, 0.3) is 0 Å². The highest BCUT2D eigenvalue weighted by molar-refractivity contribution is 7.80. The maximum absolute atomic E-state index is 10.5. The van der Waals surface area contributed by atoms with Crippen LogP contribution in [-0.4, -0.2) is 19.8 Å². The molecule has 2 aromatic carbocycles. The van der Waals surface area contributed by atoms with Gasteiger partial charge in [-0.2, -0.15) is 0 Å². The highest BCUT2D eigenvalue weighted by Gasteiger charge is 2.42. The van der Waals surface area contributed by atoms with Gasteiger partial charge in [-0.1, -0.05) is 30.3 Å². The summed E-state index contributed by atoms with van der Waals surface area (Å²) >= 11 is 5.86. The van der Waals surface area contributed by atoms with E-state index in [1.165, 1.54) is 5.56 Å². The van der Waals surface area contributed by atoms with Crippen LogP contribution in [0.3, 0.4) is 0 Å². The number of hydrogen-bond acceptors (Lipinski definition) is 3. The van der Waals surface area contributed by atoms with Crippen molar-refractivity contribution in [1.82, 2.24) is 14.9 Å². The topological polar surface area (TPSA) is 53.3 Å². The van der Waals surface area contributed by atoms with E-state index >= 15 is 0 Å². The quantitative estimate of drug-likeness (QED) is 0.389. The second-order valence-corrected chi connectivity index (χ2v) is 8.87. The molecule has 1 saturated heterocycles. The number of para-hydroxylation sites is 2. The van der Waals surface area contributed by atoms with Crippen LogP contribution >= 0.6 is 12.2 Å². The Morgan fingerprint density at radius 1 is 0.939 bits per heavy atom. The average Bonchev–Trinajstić information content (AvgIpc) is 3.30. The van der Waals surface area contributed by atoms with Gasteiger partial charge in [0.2, 0.25) is 0 Å². The lowest BCUT2D eigenvalue weighted by molar-refractivity contribution is 0.471. The van der Waals surface area contributed by atoms with Crippen molar-refractivity contribution in [3.8, 4) is 11.4 Å². The molecule has 0 amide bonds. The van der Waals surface area contributed by atoms with Crippen LogP contribution in [0.4, 0.5) is 5.69 Å². The largest absolute Gasteiger partial charge is 0.506 e. The lowest BCUT2D eigenvalue weighted by Crippen LogP contribution is -2.29. The molecule has 4 aromatic rings. The van der Waals surface area contributed by atoms with Crippen LogP contribution in [0, 0.1) is 20.8 Å². The van der Waals surface area contributed by atoms with E-state index in [1.54, 1.807) is 6.07 Å². The smallest absolute Gasteiger partial charge is 0.174 e. The molecule has 0 bridgehead atoms. The number of pyridine rings is 1. The van der Waals surface area contributed by atoms with Crippen molar-refractivity contribution in [2.45, 2.75) is 32.9 Å². The summed E-state index contributed by atoms with van der Waals surface area (Å²) in [6.45, 7) is 6.25. The van der Waals surface area contributed by atoms with E-state index in [4.69, 9.17) is 12.2 Å². The third-order valence-electron chi connectivity index (χ3n) is 6.29. The van der Waals surface area contributed by atoms with Gasteiger partial charge >= 0.3 is 0 Å². The SMILES string of the molecule is Cc1cccc(N2C(=S)N[C@H](c3ccccn3)[C@@H]2c2cc(C)n(-c3ccccc3O)c2C)c1. The maximum Gasteiger partial charge on any atom is 0.174 e. The van der Waals surface area contributed by atoms with E-state index in [0.29, 0.717) is 5.11 Å². The summed E-state index contributed by atoms with van der Waals surface area (Å²) in [7, 11) is 0. The van der Waals surface area contributed by atoms with E-state index in [9.17, 15) is 5.11 Å². The number of nitrogens with zero attached hydrogens (tertiary/aromatic N) is 3. The third kappa shape index (κ3) is 3.66. The van der Waals surface area contributed by atoms with Gasteiger partial charge in [-0.25, -0.2) is 0 Å². The van der Waals surface area contributed by atoms with Gasteiger partial charge < -0.3 is 19.9 Å². The zero-order valence-corrected chi connectivity index (χ0v) is 19.7.